The lowest BCUT2D eigenvalue weighted by Gasteiger charge is -2.07. The van der Waals surface area contributed by atoms with E-state index in [4.69, 9.17) is 11.6 Å². The SMILES string of the molecule is O=C(NCc1ccc(S(=O)(=O)c2cccc(Cl)c2)cc1)c1cc2ccncc2s1. The Kier molecular flexibility index (Phi) is 5.36. The van der Waals surface area contributed by atoms with E-state index < -0.39 is 9.84 Å². The van der Waals surface area contributed by atoms with Gasteiger partial charge in [0.1, 0.15) is 0 Å². The maximum atomic E-state index is 12.7. The van der Waals surface area contributed by atoms with Crippen LogP contribution in [0.15, 0.2) is 82.8 Å². The number of nitrogens with zero attached hydrogens (tertiary/aromatic N) is 1. The highest BCUT2D eigenvalue weighted by molar-refractivity contribution is 7.91. The van der Waals surface area contributed by atoms with Gasteiger partial charge in [-0.05, 0) is 53.4 Å². The van der Waals surface area contributed by atoms with Crippen molar-refractivity contribution in [2.75, 3.05) is 0 Å². The van der Waals surface area contributed by atoms with Crippen LogP contribution in [-0.2, 0) is 16.4 Å². The van der Waals surface area contributed by atoms with Crippen LogP contribution in [0.1, 0.15) is 15.2 Å². The molecule has 0 saturated heterocycles. The van der Waals surface area contributed by atoms with Crippen molar-refractivity contribution in [3.8, 4) is 0 Å². The molecule has 0 saturated carbocycles. The fraction of sp³-hybridized carbons (Fsp3) is 0.0476. The molecule has 0 unspecified atom stereocenters. The van der Waals surface area contributed by atoms with Crippen LogP contribution in [0.3, 0.4) is 0 Å². The molecule has 0 fully saturated rings. The first-order chi connectivity index (χ1) is 13.9. The van der Waals surface area contributed by atoms with Gasteiger partial charge in [0.15, 0.2) is 0 Å². The monoisotopic (exact) mass is 442 g/mol. The number of sulfone groups is 1. The van der Waals surface area contributed by atoms with E-state index in [1.165, 1.54) is 35.6 Å². The zero-order valence-corrected chi connectivity index (χ0v) is 17.4. The Labute approximate surface area is 176 Å². The van der Waals surface area contributed by atoms with Gasteiger partial charge in [-0.2, -0.15) is 0 Å². The number of rotatable bonds is 5. The zero-order valence-electron chi connectivity index (χ0n) is 15.0. The van der Waals surface area contributed by atoms with Crippen LogP contribution in [0.5, 0.6) is 0 Å². The van der Waals surface area contributed by atoms with Gasteiger partial charge in [-0.25, -0.2) is 8.42 Å². The van der Waals surface area contributed by atoms with Crippen molar-refractivity contribution in [2.45, 2.75) is 16.3 Å². The molecule has 0 atom stereocenters. The fourth-order valence-electron chi connectivity index (χ4n) is 2.82. The quantitative estimate of drug-likeness (QED) is 0.485. The molecule has 2 heterocycles. The van der Waals surface area contributed by atoms with E-state index in [1.807, 2.05) is 12.1 Å². The second kappa shape index (κ2) is 7.94. The number of pyridine rings is 1. The molecule has 1 N–H and O–H groups in total. The highest BCUT2D eigenvalue weighted by atomic mass is 35.5. The average molecular weight is 443 g/mol. The van der Waals surface area contributed by atoms with Crippen molar-refractivity contribution in [3.63, 3.8) is 0 Å². The largest absolute Gasteiger partial charge is 0.347 e. The van der Waals surface area contributed by atoms with Gasteiger partial charge < -0.3 is 5.32 Å². The Balaban J connectivity index is 1.46. The van der Waals surface area contributed by atoms with Gasteiger partial charge in [-0.3, -0.25) is 9.78 Å². The summed E-state index contributed by atoms with van der Waals surface area (Å²) in [6, 6.07) is 16.3. The van der Waals surface area contributed by atoms with E-state index in [0.29, 0.717) is 16.4 Å². The van der Waals surface area contributed by atoms with Gasteiger partial charge in [0.25, 0.3) is 5.91 Å². The molecule has 4 aromatic rings. The molecule has 0 aliphatic carbocycles. The number of thiophene rings is 1. The lowest BCUT2D eigenvalue weighted by Crippen LogP contribution is -2.21. The lowest BCUT2D eigenvalue weighted by molar-refractivity contribution is 0.0955. The molecule has 8 heteroatoms. The third-order valence-corrected chi connectivity index (χ3v) is 7.43. The van der Waals surface area contributed by atoms with Crippen molar-refractivity contribution in [1.29, 1.82) is 0 Å². The number of fused-ring (bicyclic) bond motifs is 1. The summed E-state index contributed by atoms with van der Waals surface area (Å²) in [5.41, 5.74) is 0.797. The average Bonchev–Trinajstić information content (AvgIpc) is 3.17. The topological polar surface area (TPSA) is 76.1 Å². The van der Waals surface area contributed by atoms with E-state index in [9.17, 15) is 13.2 Å². The molecule has 0 bridgehead atoms. The van der Waals surface area contributed by atoms with E-state index in [2.05, 4.69) is 10.3 Å². The number of carbonyl (C=O) groups is 1. The summed E-state index contributed by atoms with van der Waals surface area (Å²) in [7, 11) is -3.64. The summed E-state index contributed by atoms with van der Waals surface area (Å²) in [5, 5.41) is 4.20. The Morgan fingerprint density at radius 3 is 2.55 bits per heavy atom. The summed E-state index contributed by atoms with van der Waals surface area (Å²) in [4.78, 5) is 17.4. The summed E-state index contributed by atoms with van der Waals surface area (Å²) in [5.74, 6) is -0.179. The van der Waals surface area contributed by atoms with Crippen molar-refractivity contribution in [2.24, 2.45) is 0 Å². The van der Waals surface area contributed by atoms with Crippen LogP contribution in [0.25, 0.3) is 10.1 Å². The Morgan fingerprint density at radius 1 is 1.03 bits per heavy atom. The van der Waals surface area contributed by atoms with Crippen LogP contribution in [0.2, 0.25) is 5.02 Å². The summed E-state index contributed by atoms with van der Waals surface area (Å²) >= 11 is 7.28. The van der Waals surface area contributed by atoms with Crippen LogP contribution in [0, 0.1) is 0 Å². The molecule has 2 aromatic heterocycles. The second-order valence-corrected chi connectivity index (χ2v) is 9.78. The maximum absolute atomic E-state index is 12.7. The van der Waals surface area contributed by atoms with Gasteiger partial charge in [0.05, 0.1) is 19.4 Å². The van der Waals surface area contributed by atoms with Gasteiger partial charge in [0.2, 0.25) is 9.84 Å². The number of benzene rings is 2. The van der Waals surface area contributed by atoms with Crippen molar-refractivity contribution in [1.82, 2.24) is 10.3 Å². The lowest BCUT2D eigenvalue weighted by atomic mass is 10.2. The molecule has 4 rings (SSSR count). The number of hydrogen-bond acceptors (Lipinski definition) is 5. The van der Waals surface area contributed by atoms with Crippen molar-refractivity contribution < 1.29 is 13.2 Å². The molecule has 1 amide bonds. The van der Waals surface area contributed by atoms with Gasteiger partial charge in [-0.15, -0.1) is 11.3 Å². The number of aromatic nitrogens is 1. The smallest absolute Gasteiger partial charge is 0.261 e. The van der Waals surface area contributed by atoms with Gasteiger partial charge in [0, 0.05) is 24.0 Å². The van der Waals surface area contributed by atoms with Crippen LogP contribution in [-0.4, -0.2) is 19.3 Å². The van der Waals surface area contributed by atoms with E-state index >= 15 is 0 Å². The van der Waals surface area contributed by atoms with Gasteiger partial charge in [-0.1, -0.05) is 29.8 Å². The van der Waals surface area contributed by atoms with Crippen molar-refractivity contribution >= 4 is 48.8 Å². The highest BCUT2D eigenvalue weighted by Gasteiger charge is 2.18. The van der Waals surface area contributed by atoms with Crippen molar-refractivity contribution in [3.05, 3.63) is 88.5 Å². The van der Waals surface area contributed by atoms with Crippen LogP contribution < -0.4 is 5.32 Å². The Morgan fingerprint density at radius 2 is 1.83 bits per heavy atom. The number of halogens is 1. The maximum Gasteiger partial charge on any atom is 0.261 e. The number of hydrogen-bond donors (Lipinski definition) is 1. The predicted octanol–water partition coefficient (Wildman–Crippen LogP) is 4.71. The first kappa shape index (κ1) is 19.6. The summed E-state index contributed by atoms with van der Waals surface area (Å²) < 4.78 is 26.4. The molecular weight excluding hydrogens is 428 g/mol. The first-order valence-electron chi connectivity index (χ1n) is 8.65. The van der Waals surface area contributed by atoms with E-state index in [0.717, 1.165) is 15.6 Å². The number of amides is 1. The van der Waals surface area contributed by atoms with Gasteiger partial charge >= 0.3 is 0 Å². The van der Waals surface area contributed by atoms with Crippen LogP contribution >= 0.6 is 22.9 Å². The third kappa shape index (κ3) is 4.17. The van der Waals surface area contributed by atoms with E-state index in [1.54, 1.807) is 36.7 Å². The Hall–Kier alpha value is -2.74. The predicted molar refractivity (Wildman–Crippen MR) is 114 cm³/mol. The number of nitrogens with one attached hydrogen (secondary N) is 1. The minimum absolute atomic E-state index is 0.144. The molecule has 0 aliphatic rings. The summed E-state index contributed by atoms with van der Waals surface area (Å²) in [6.07, 6.45) is 3.42. The molecule has 0 radical (unpaired) electrons. The minimum atomic E-state index is -3.64. The molecule has 146 valence electrons. The second-order valence-electron chi connectivity index (χ2n) is 6.31. The fourth-order valence-corrected chi connectivity index (χ4v) is 5.33. The molecule has 2 aromatic carbocycles. The molecule has 29 heavy (non-hydrogen) atoms. The molecular formula is C21H15ClN2O3S2. The Bertz CT molecular complexity index is 1270. The molecule has 0 aliphatic heterocycles. The van der Waals surface area contributed by atoms with E-state index in [-0.39, 0.29) is 15.7 Å². The minimum Gasteiger partial charge on any atom is -0.347 e. The molecule has 0 spiro atoms. The summed E-state index contributed by atoms with van der Waals surface area (Å²) in [6.45, 7) is 0.294. The standard InChI is InChI=1S/C21H15ClN2O3S2/c22-16-2-1-3-18(11-16)29(26,27)17-6-4-14(5-7-17)12-24-21(25)19-10-15-8-9-23-13-20(15)28-19/h1-11,13H,12H2,(H,24,25). The van der Waals surface area contributed by atoms with Crippen LogP contribution in [0.4, 0.5) is 0 Å². The first-order valence-corrected chi connectivity index (χ1v) is 11.3. The third-order valence-electron chi connectivity index (χ3n) is 4.34. The zero-order chi connectivity index (χ0) is 20.4. The number of carbonyl (C=O) groups excluding carboxylic acids is 1. The normalized spacial score (nSPS) is 11.5. The highest BCUT2D eigenvalue weighted by Crippen LogP contribution is 2.25. The molecule has 5 nitrogen and oxygen atoms in total.